The lowest BCUT2D eigenvalue weighted by molar-refractivity contribution is -0.114. The van der Waals surface area contributed by atoms with Gasteiger partial charge >= 0.3 is 0 Å². The summed E-state index contributed by atoms with van der Waals surface area (Å²) in [7, 11) is 0. The van der Waals surface area contributed by atoms with E-state index < -0.39 is 0 Å². The van der Waals surface area contributed by atoms with Gasteiger partial charge in [-0.3, -0.25) is 4.79 Å². The van der Waals surface area contributed by atoms with Gasteiger partial charge in [-0.05, 0) is 49.9 Å². The van der Waals surface area contributed by atoms with Crippen LogP contribution in [0.4, 0.5) is 5.13 Å². The Bertz CT molecular complexity index is 620. The predicted octanol–water partition coefficient (Wildman–Crippen LogP) is 3.40. The van der Waals surface area contributed by atoms with Gasteiger partial charge in [0.05, 0.1) is 0 Å². The Hall–Kier alpha value is -1.75. The Morgan fingerprint density at radius 2 is 1.68 bits per heavy atom. The van der Waals surface area contributed by atoms with E-state index in [1.165, 1.54) is 40.5 Å². The van der Waals surface area contributed by atoms with E-state index in [-0.39, 0.29) is 5.91 Å². The highest BCUT2D eigenvalue weighted by molar-refractivity contribution is 7.18. The van der Waals surface area contributed by atoms with Gasteiger partial charge in [0, 0.05) is 12.5 Å². The number of carbonyl (C=O) groups excluding carboxylic acids is 1. The van der Waals surface area contributed by atoms with E-state index >= 15 is 0 Å². The predicted molar refractivity (Wildman–Crippen MR) is 78.6 cm³/mol. The fourth-order valence-corrected chi connectivity index (χ4v) is 3.01. The van der Waals surface area contributed by atoms with Crippen LogP contribution < -0.4 is 5.32 Å². The number of nitrogens with one attached hydrogen (secondary N) is 1. The summed E-state index contributed by atoms with van der Waals surface area (Å²) < 4.78 is 0. The Morgan fingerprint density at radius 1 is 1.11 bits per heavy atom. The fraction of sp³-hybridized carbons (Fsp3) is 0.357. The average Bonchev–Trinajstić information content (AvgIpc) is 2.74. The number of rotatable bonds is 2. The zero-order chi connectivity index (χ0) is 14.2. The molecule has 2 rings (SSSR count). The maximum Gasteiger partial charge on any atom is 0.223 e. The van der Waals surface area contributed by atoms with Crippen LogP contribution in [0.1, 0.15) is 29.2 Å². The van der Waals surface area contributed by atoms with E-state index in [4.69, 9.17) is 0 Å². The molecule has 1 N–H and O–H groups in total. The van der Waals surface area contributed by atoms with E-state index in [1.54, 1.807) is 0 Å². The molecule has 0 radical (unpaired) electrons. The van der Waals surface area contributed by atoms with Crippen molar-refractivity contribution in [3.63, 3.8) is 0 Å². The molecule has 0 aliphatic carbocycles. The Morgan fingerprint density at radius 3 is 2.21 bits per heavy atom. The molecule has 0 atom stereocenters. The Kier molecular flexibility index (Phi) is 3.66. The van der Waals surface area contributed by atoms with Crippen LogP contribution >= 0.6 is 11.3 Å². The van der Waals surface area contributed by atoms with E-state index in [0.29, 0.717) is 5.13 Å². The molecule has 1 aromatic carbocycles. The number of hydrogen-bond donors (Lipinski definition) is 1. The Labute approximate surface area is 116 Å². The smallest absolute Gasteiger partial charge is 0.223 e. The van der Waals surface area contributed by atoms with E-state index in [0.717, 1.165) is 10.6 Å². The molecule has 0 fully saturated rings. The van der Waals surface area contributed by atoms with Crippen LogP contribution in [-0.4, -0.2) is 16.1 Å². The summed E-state index contributed by atoms with van der Waals surface area (Å²) in [5.41, 5.74) is 6.05. The average molecular weight is 275 g/mol. The number of carbonyl (C=O) groups is 1. The molecular formula is C14H17N3OS. The molecule has 0 aliphatic rings. The molecule has 2 aromatic rings. The van der Waals surface area contributed by atoms with Crippen molar-refractivity contribution in [1.29, 1.82) is 0 Å². The second kappa shape index (κ2) is 5.09. The lowest BCUT2D eigenvalue weighted by Crippen LogP contribution is -2.04. The highest BCUT2D eigenvalue weighted by atomic mass is 32.1. The third-order valence-electron chi connectivity index (χ3n) is 3.29. The van der Waals surface area contributed by atoms with Crippen LogP contribution in [0.2, 0.25) is 0 Å². The number of hydrogen-bond acceptors (Lipinski definition) is 4. The number of benzene rings is 1. The summed E-state index contributed by atoms with van der Waals surface area (Å²) >= 11 is 1.41. The first-order valence-electron chi connectivity index (χ1n) is 6.09. The maximum absolute atomic E-state index is 11.0. The Balaban J connectivity index is 2.53. The quantitative estimate of drug-likeness (QED) is 0.914. The fourth-order valence-electron chi connectivity index (χ4n) is 2.06. The van der Waals surface area contributed by atoms with Gasteiger partial charge in [0.2, 0.25) is 11.0 Å². The topological polar surface area (TPSA) is 54.9 Å². The van der Waals surface area contributed by atoms with Gasteiger partial charge < -0.3 is 5.32 Å². The monoisotopic (exact) mass is 275 g/mol. The van der Waals surface area contributed by atoms with Crippen molar-refractivity contribution in [3.8, 4) is 10.6 Å². The molecule has 1 amide bonds. The SMILES string of the molecule is CC(=O)Nc1nnc(-c2c(C)c(C)cc(C)c2C)s1. The highest BCUT2D eigenvalue weighted by Crippen LogP contribution is 2.34. The number of amides is 1. The summed E-state index contributed by atoms with van der Waals surface area (Å²) in [6.45, 7) is 9.85. The van der Waals surface area contributed by atoms with Crippen molar-refractivity contribution in [3.05, 3.63) is 28.3 Å². The highest BCUT2D eigenvalue weighted by Gasteiger charge is 2.15. The summed E-state index contributed by atoms with van der Waals surface area (Å²) in [4.78, 5) is 11.0. The molecular weight excluding hydrogens is 258 g/mol. The van der Waals surface area contributed by atoms with Gasteiger partial charge in [0.1, 0.15) is 5.01 Å². The first kappa shape index (κ1) is 13.7. The molecule has 0 spiro atoms. The van der Waals surface area contributed by atoms with Crippen molar-refractivity contribution >= 4 is 22.4 Å². The van der Waals surface area contributed by atoms with Gasteiger partial charge in [0.25, 0.3) is 0 Å². The number of nitrogens with zero attached hydrogens (tertiary/aromatic N) is 2. The van der Waals surface area contributed by atoms with Crippen molar-refractivity contribution in [2.24, 2.45) is 0 Å². The van der Waals surface area contributed by atoms with Gasteiger partial charge in [-0.2, -0.15) is 0 Å². The van der Waals surface area contributed by atoms with Crippen LogP contribution in [0, 0.1) is 27.7 Å². The molecule has 5 heteroatoms. The maximum atomic E-state index is 11.0. The molecule has 0 bridgehead atoms. The second-order valence-electron chi connectivity index (χ2n) is 4.73. The first-order chi connectivity index (χ1) is 8.90. The largest absolute Gasteiger partial charge is 0.301 e. The minimum atomic E-state index is -0.128. The third-order valence-corrected chi connectivity index (χ3v) is 4.14. The number of aryl methyl sites for hydroxylation is 2. The lowest BCUT2D eigenvalue weighted by Gasteiger charge is -2.12. The van der Waals surface area contributed by atoms with E-state index in [9.17, 15) is 4.79 Å². The van der Waals surface area contributed by atoms with Gasteiger partial charge in [0.15, 0.2) is 0 Å². The van der Waals surface area contributed by atoms with Crippen molar-refractivity contribution in [1.82, 2.24) is 10.2 Å². The van der Waals surface area contributed by atoms with Crippen LogP contribution in [0.5, 0.6) is 0 Å². The van der Waals surface area contributed by atoms with Crippen LogP contribution in [-0.2, 0) is 4.79 Å². The minimum absolute atomic E-state index is 0.128. The number of anilines is 1. The third kappa shape index (κ3) is 2.66. The molecule has 100 valence electrons. The molecule has 4 nitrogen and oxygen atoms in total. The standard InChI is InChI=1S/C14H17N3OS/c1-7-6-8(2)10(4)12(9(7)3)13-16-17-14(19-13)15-11(5)18/h6H,1-5H3,(H,15,17,18). The first-order valence-corrected chi connectivity index (χ1v) is 6.90. The second-order valence-corrected chi connectivity index (χ2v) is 5.71. The molecule has 0 aliphatic heterocycles. The summed E-state index contributed by atoms with van der Waals surface area (Å²) in [6.07, 6.45) is 0. The minimum Gasteiger partial charge on any atom is -0.301 e. The molecule has 0 saturated heterocycles. The van der Waals surface area contributed by atoms with Gasteiger partial charge in [-0.25, -0.2) is 0 Å². The van der Waals surface area contributed by atoms with Crippen LogP contribution in [0.3, 0.4) is 0 Å². The molecule has 1 heterocycles. The van der Waals surface area contributed by atoms with Crippen LogP contribution in [0.25, 0.3) is 10.6 Å². The lowest BCUT2D eigenvalue weighted by atomic mass is 9.95. The van der Waals surface area contributed by atoms with Crippen molar-refractivity contribution < 1.29 is 4.79 Å². The molecule has 0 saturated carbocycles. The van der Waals surface area contributed by atoms with Gasteiger partial charge in [-0.1, -0.05) is 17.4 Å². The van der Waals surface area contributed by atoms with E-state index in [2.05, 4.69) is 49.3 Å². The number of aromatic nitrogens is 2. The molecule has 19 heavy (non-hydrogen) atoms. The normalized spacial score (nSPS) is 10.6. The van der Waals surface area contributed by atoms with Gasteiger partial charge in [-0.15, -0.1) is 10.2 Å². The van der Waals surface area contributed by atoms with E-state index in [1.807, 2.05) is 0 Å². The summed E-state index contributed by atoms with van der Waals surface area (Å²) in [6, 6.07) is 2.18. The summed E-state index contributed by atoms with van der Waals surface area (Å²) in [5.74, 6) is -0.128. The zero-order valence-corrected chi connectivity index (χ0v) is 12.6. The molecule has 1 aromatic heterocycles. The molecule has 0 unspecified atom stereocenters. The van der Waals surface area contributed by atoms with Crippen molar-refractivity contribution in [2.75, 3.05) is 5.32 Å². The zero-order valence-electron chi connectivity index (χ0n) is 11.8. The van der Waals surface area contributed by atoms with Crippen molar-refractivity contribution in [2.45, 2.75) is 34.6 Å². The summed E-state index contributed by atoms with van der Waals surface area (Å²) in [5, 5.41) is 12.3. The van der Waals surface area contributed by atoms with Crippen LogP contribution in [0.15, 0.2) is 6.07 Å².